The fourth-order valence-corrected chi connectivity index (χ4v) is 2.56. The lowest BCUT2D eigenvalue weighted by Crippen LogP contribution is -2.07. The molecule has 8 nitrogen and oxygen atoms in total. The Labute approximate surface area is 147 Å². The van der Waals surface area contributed by atoms with Crippen molar-refractivity contribution in [3.05, 3.63) is 59.9 Å². The number of carbonyl (C=O) groups is 1. The molecule has 0 aliphatic heterocycles. The number of furan rings is 2. The molecule has 26 heavy (non-hydrogen) atoms. The first-order chi connectivity index (χ1) is 12.8. The van der Waals surface area contributed by atoms with Gasteiger partial charge in [0.1, 0.15) is 5.58 Å². The number of benzene rings is 1. The van der Waals surface area contributed by atoms with Crippen LogP contribution in [0.25, 0.3) is 22.6 Å². The zero-order chi connectivity index (χ0) is 17.9. The van der Waals surface area contributed by atoms with Crippen molar-refractivity contribution in [2.75, 3.05) is 7.11 Å². The number of methoxy groups -OCH3 is 1. The average molecular weight is 354 g/mol. The number of esters is 1. The topological polar surface area (TPSA) is 101 Å². The van der Waals surface area contributed by atoms with E-state index in [0.717, 1.165) is 5.39 Å². The number of hydrogen-bond donors (Lipinski definition) is 0. The number of carbonyl (C=O) groups excluding carboxylic acids is 1. The van der Waals surface area contributed by atoms with Gasteiger partial charge in [-0.2, -0.15) is 0 Å². The van der Waals surface area contributed by atoms with Crippen LogP contribution in [0.5, 0.6) is 0 Å². The number of nitrogens with zero attached hydrogens (tertiary/aromatic N) is 2. The molecule has 4 aromatic rings. The van der Waals surface area contributed by atoms with Gasteiger partial charge >= 0.3 is 5.97 Å². The molecule has 8 heteroatoms. The van der Waals surface area contributed by atoms with Crippen LogP contribution in [0.4, 0.5) is 0 Å². The van der Waals surface area contributed by atoms with E-state index in [1.165, 1.54) is 6.26 Å². The highest BCUT2D eigenvalue weighted by Gasteiger charge is 2.22. The van der Waals surface area contributed by atoms with Crippen molar-refractivity contribution in [1.29, 1.82) is 0 Å². The van der Waals surface area contributed by atoms with E-state index >= 15 is 0 Å². The van der Waals surface area contributed by atoms with Crippen LogP contribution in [0.1, 0.15) is 22.0 Å². The van der Waals surface area contributed by atoms with Crippen LogP contribution in [0, 0.1) is 0 Å². The van der Waals surface area contributed by atoms with Crippen LogP contribution < -0.4 is 0 Å². The number of rotatable bonds is 6. The second-order valence-electron chi connectivity index (χ2n) is 5.39. The lowest BCUT2D eigenvalue weighted by molar-refractivity contribution is 0.0399. The Bertz CT molecular complexity index is 1030. The fourth-order valence-electron chi connectivity index (χ4n) is 2.56. The molecule has 0 aliphatic carbocycles. The highest BCUT2D eigenvalue weighted by atomic mass is 16.6. The Morgan fingerprint density at radius 3 is 2.77 bits per heavy atom. The summed E-state index contributed by atoms with van der Waals surface area (Å²) in [5, 5.41) is 8.48. The van der Waals surface area contributed by atoms with E-state index in [0.29, 0.717) is 16.9 Å². The molecule has 0 aliphatic rings. The van der Waals surface area contributed by atoms with E-state index in [-0.39, 0.29) is 30.8 Å². The van der Waals surface area contributed by atoms with Crippen LogP contribution in [-0.2, 0) is 22.7 Å². The zero-order valence-corrected chi connectivity index (χ0v) is 13.8. The first-order valence-corrected chi connectivity index (χ1v) is 7.79. The van der Waals surface area contributed by atoms with E-state index in [2.05, 4.69) is 10.2 Å². The van der Waals surface area contributed by atoms with Gasteiger partial charge in [0, 0.05) is 18.1 Å². The number of hydrogen-bond acceptors (Lipinski definition) is 8. The van der Waals surface area contributed by atoms with E-state index in [1.54, 1.807) is 25.3 Å². The van der Waals surface area contributed by atoms with Gasteiger partial charge in [-0.3, -0.25) is 0 Å². The van der Waals surface area contributed by atoms with Crippen LogP contribution in [-0.4, -0.2) is 23.3 Å². The van der Waals surface area contributed by atoms with Gasteiger partial charge in [0.05, 0.1) is 12.9 Å². The fraction of sp³-hybridized carbons (Fsp3) is 0.167. The minimum absolute atomic E-state index is 0.0961. The third-order valence-electron chi connectivity index (χ3n) is 3.70. The summed E-state index contributed by atoms with van der Waals surface area (Å²) in [6.45, 7) is 0.0423. The highest BCUT2D eigenvalue weighted by Crippen LogP contribution is 2.27. The van der Waals surface area contributed by atoms with Crippen molar-refractivity contribution in [3.8, 4) is 11.7 Å². The van der Waals surface area contributed by atoms with Crippen LogP contribution >= 0.6 is 0 Å². The Morgan fingerprint density at radius 1 is 1.08 bits per heavy atom. The average Bonchev–Trinajstić information content (AvgIpc) is 3.39. The molecular formula is C18H14N2O6. The van der Waals surface area contributed by atoms with Crippen molar-refractivity contribution in [2.24, 2.45) is 0 Å². The molecule has 0 bridgehead atoms. The summed E-state index contributed by atoms with van der Waals surface area (Å²) in [5.74, 6) is 0.263. The summed E-state index contributed by atoms with van der Waals surface area (Å²) in [6.07, 6.45) is 1.50. The maximum atomic E-state index is 12.4. The molecule has 0 fully saturated rings. The zero-order valence-electron chi connectivity index (χ0n) is 13.8. The molecule has 0 amide bonds. The van der Waals surface area contributed by atoms with Gasteiger partial charge in [-0.05, 0) is 18.2 Å². The second-order valence-corrected chi connectivity index (χ2v) is 5.39. The molecule has 0 unspecified atom stereocenters. The summed E-state index contributed by atoms with van der Waals surface area (Å²) in [6, 6.07) is 10.7. The Kier molecular flexibility index (Phi) is 4.24. The maximum absolute atomic E-state index is 12.4. The predicted octanol–water partition coefficient (Wildman–Crippen LogP) is 3.58. The number of fused-ring (bicyclic) bond motifs is 1. The summed E-state index contributed by atoms with van der Waals surface area (Å²) < 4.78 is 26.6. The van der Waals surface area contributed by atoms with E-state index in [9.17, 15) is 4.79 Å². The highest BCUT2D eigenvalue weighted by molar-refractivity contribution is 5.96. The SMILES string of the molecule is COCc1c(C(=O)OCc2nnc(-c3ccco3)o2)oc2ccccc12. The normalized spacial score (nSPS) is 11.1. The van der Waals surface area contributed by atoms with E-state index < -0.39 is 5.97 Å². The van der Waals surface area contributed by atoms with Crippen molar-refractivity contribution < 1.29 is 27.5 Å². The monoisotopic (exact) mass is 354 g/mol. The van der Waals surface area contributed by atoms with Gasteiger partial charge in [-0.25, -0.2) is 4.79 Å². The molecule has 0 atom stereocenters. The predicted molar refractivity (Wildman–Crippen MR) is 88.0 cm³/mol. The Balaban J connectivity index is 1.52. The van der Waals surface area contributed by atoms with E-state index in [1.807, 2.05) is 18.2 Å². The largest absolute Gasteiger partial charge is 0.459 e. The van der Waals surface area contributed by atoms with Gasteiger partial charge in [0.2, 0.25) is 5.76 Å². The van der Waals surface area contributed by atoms with Gasteiger partial charge in [-0.15, -0.1) is 10.2 Å². The smallest absolute Gasteiger partial charge is 0.375 e. The molecule has 0 N–H and O–H groups in total. The van der Waals surface area contributed by atoms with Gasteiger partial charge < -0.3 is 22.7 Å². The van der Waals surface area contributed by atoms with Crippen molar-refractivity contribution in [1.82, 2.24) is 10.2 Å². The molecule has 0 saturated carbocycles. The van der Waals surface area contributed by atoms with Crippen molar-refractivity contribution >= 4 is 16.9 Å². The molecule has 0 radical (unpaired) electrons. The first kappa shape index (κ1) is 16.1. The standard InChI is InChI=1S/C18H14N2O6/c1-22-9-12-11-5-2-3-6-13(11)25-16(12)18(21)24-10-15-19-20-17(26-15)14-7-4-8-23-14/h2-8H,9-10H2,1H3. The lowest BCUT2D eigenvalue weighted by atomic mass is 10.1. The second kappa shape index (κ2) is 6.85. The van der Waals surface area contributed by atoms with E-state index in [4.69, 9.17) is 22.7 Å². The maximum Gasteiger partial charge on any atom is 0.375 e. The molecule has 0 spiro atoms. The number of ether oxygens (including phenoxy) is 2. The van der Waals surface area contributed by atoms with Crippen LogP contribution in [0.2, 0.25) is 0 Å². The van der Waals surface area contributed by atoms with Crippen LogP contribution in [0.3, 0.4) is 0 Å². The molecular weight excluding hydrogens is 340 g/mol. The van der Waals surface area contributed by atoms with Gasteiger partial charge in [0.15, 0.2) is 12.4 Å². The van der Waals surface area contributed by atoms with Crippen molar-refractivity contribution in [3.63, 3.8) is 0 Å². The first-order valence-electron chi connectivity index (χ1n) is 7.79. The minimum atomic E-state index is -0.633. The molecule has 4 rings (SSSR count). The summed E-state index contributed by atoms with van der Waals surface area (Å²) in [5.41, 5.74) is 1.22. The number of para-hydroxylation sites is 1. The molecule has 132 valence electrons. The Hall–Kier alpha value is -3.39. The molecule has 0 saturated heterocycles. The van der Waals surface area contributed by atoms with Gasteiger partial charge in [-0.1, -0.05) is 18.2 Å². The van der Waals surface area contributed by atoms with Crippen molar-refractivity contribution in [2.45, 2.75) is 13.2 Å². The molecule has 3 aromatic heterocycles. The summed E-state index contributed by atoms with van der Waals surface area (Å²) in [4.78, 5) is 12.4. The van der Waals surface area contributed by atoms with Crippen LogP contribution in [0.15, 0.2) is 55.9 Å². The lowest BCUT2D eigenvalue weighted by Gasteiger charge is -2.02. The van der Waals surface area contributed by atoms with Gasteiger partial charge in [0.25, 0.3) is 11.8 Å². The minimum Gasteiger partial charge on any atom is -0.459 e. The quantitative estimate of drug-likeness (QED) is 0.484. The Morgan fingerprint density at radius 2 is 1.96 bits per heavy atom. The number of aromatic nitrogens is 2. The molecule has 3 heterocycles. The third kappa shape index (κ3) is 2.98. The third-order valence-corrected chi connectivity index (χ3v) is 3.70. The summed E-state index contributed by atoms with van der Waals surface area (Å²) >= 11 is 0. The molecule has 1 aromatic carbocycles. The summed E-state index contributed by atoms with van der Waals surface area (Å²) in [7, 11) is 1.55.